The lowest BCUT2D eigenvalue weighted by Crippen LogP contribution is -2.43. The van der Waals surface area contributed by atoms with Crippen LogP contribution in [0, 0.1) is 0 Å². The van der Waals surface area contributed by atoms with Gasteiger partial charge in [0.15, 0.2) is 0 Å². The number of nitrogens with zero attached hydrogens (tertiary/aromatic N) is 3. The first-order valence-corrected chi connectivity index (χ1v) is 11.5. The molecule has 0 aliphatic carbocycles. The molecule has 33 heavy (non-hydrogen) atoms. The molecule has 1 amide bonds. The van der Waals surface area contributed by atoms with E-state index in [1.165, 1.54) is 11.1 Å². The number of likely N-dealkylation sites (N-methyl/N-ethyl adjacent to an activating group) is 1. The first-order chi connectivity index (χ1) is 16.1. The van der Waals surface area contributed by atoms with E-state index in [0.717, 1.165) is 71.7 Å². The highest BCUT2D eigenvalue weighted by atomic mass is 16.1. The molecule has 4 heterocycles. The number of piperazine rings is 1. The fraction of sp³-hybridized carbons (Fsp3) is 0.259. The molecule has 2 aromatic carbocycles. The molecule has 2 aliphatic rings. The lowest BCUT2D eigenvalue weighted by molar-refractivity contribution is -0.115. The van der Waals surface area contributed by atoms with E-state index in [2.05, 4.69) is 74.6 Å². The molecule has 0 bridgehead atoms. The number of amides is 1. The molecule has 166 valence electrons. The fourth-order valence-electron chi connectivity index (χ4n) is 4.86. The molecule has 2 N–H and O–H groups in total. The Kier molecular flexibility index (Phi) is 4.97. The second-order valence-corrected chi connectivity index (χ2v) is 9.20. The molecule has 2 aromatic heterocycles. The smallest absolute Gasteiger partial charge is 0.228 e. The summed E-state index contributed by atoms with van der Waals surface area (Å²) in [6, 6.07) is 17.2. The average Bonchev–Trinajstić information content (AvgIpc) is 3.42. The summed E-state index contributed by atoms with van der Waals surface area (Å²) < 4.78 is 0. The lowest BCUT2D eigenvalue weighted by atomic mass is 9.99. The Morgan fingerprint density at radius 3 is 2.55 bits per heavy atom. The Morgan fingerprint density at radius 2 is 1.73 bits per heavy atom. The van der Waals surface area contributed by atoms with E-state index in [9.17, 15) is 4.79 Å². The Balaban J connectivity index is 1.26. The van der Waals surface area contributed by atoms with Gasteiger partial charge in [-0.1, -0.05) is 30.3 Å². The van der Waals surface area contributed by atoms with Crippen molar-refractivity contribution in [1.82, 2.24) is 19.8 Å². The number of H-pyrrole nitrogens is 1. The van der Waals surface area contributed by atoms with E-state index < -0.39 is 0 Å². The maximum atomic E-state index is 11.7. The monoisotopic (exact) mass is 437 g/mol. The summed E-state index contributed by atoms with van der Waals surface area (Å²) in [5, 5.41) is 3.99. The average molecular weight is 438 g/mol. The van der Waals surface area contributed by atoms with Gasteiger partial charge in [-0.2, -0.15) is 0 Å². The normalized spacial score (nSPS) is 16.8. The summed E-state index contributed by atoms with van der Waals surface area (Å²) in [7, 11) is 2.19. The van der Waals surface area contributed by atoms with Crippen LogP contribution in [0.25, 0.3) is 33.3 Å². The topological polar surface area (TPSA) is 64.3 Å². The number of rotatable bonds is 4. The van der Waals surface area contributed by atoms with Crippen molar-refractivity contribution in [2.75, 3.05) is 38.5 Å². The van der Waals surface area contributed by atoms with Crippen molar-refractivity contribution in [1.29, 1.82) is 0 Å². The minimum atomic E-state index is 0.0566. The molecular formula is C27H27N5O. The number of nitrogens with one attached hydrogen (secondary N) is 2. The number of aromatic nitrogens is 2. The minimum Gasteiger partial charge on any atom is -0.346 e. The summed E-state index contributed by atoms with van der Waals surface area (Å²) in [5.74, 6) is 0.0566. The van der Waals surface area contributed by atoms with Gasteiger partial charge in [0.05, 0.1) is 6.42 Å². The van der Waals surface area contributed by atoms with Crippen molar-refractivity contribution in [2.24, 2.45) is 0 Å². The van der Waals surface area contributed by atoms with Crippen LogP contribution in [-0.2, 0) is 17.8 Å². The molecule has 6 nitrogen and oxygen atoms in total. The van der Waals surface area contributed by atoms with Crippen LogP contribution in [0.1, 0.15) is 11.1 Å². The predicted molar refractivity (Wildman–Crippen MR) is 132 cm³/mol. The molecule has 0 radical (unpaired) electrons. The van der Waals surface area contributed by atoms with Crippen LogP contribution in [0.4, 0.5) is 5.69 Å². The Morgan fingerprint density at radius 1 is 0.939 bits per heavy atom. The third-order valence-electron chi connectivity index (χ3n) is 6.86. The lowest BCUT2D eigenvalue weighted by Gasteiger charge is -2.32. The third-order valence-corrected chi connectivity index (χ3v) is 6.86. The van der Waals surface area contributed by atoms with E-state index in [1.54, 1.807) is 0 Å². The highest BCUT2D eigenvalue weighted by Gasteiger charge is 2.19. The standard InChI is InChI=1S/C27H27N5O/c1-31-8-10-32(11-9-31)17-18-2-4-19(5-3-18)22-13-23-24(16-29-27(23)28-15-22)20-6-7-25-21(12-20)14-26(33)30-25/h2-7,12-13,15-16H,8-11,14,17H2,1H3,(H,28,29)(H,30,33). The van der Waals surface area contributed by atoms with E-state index in [0.29, 0.717) is 6.42 Å². The maximum absolute atomic E-state index is 11.7. The molecule has 0 saturated carbocycles. The van der Waals surface area contributed by atoms with E-state index in [1.807, 2.05) is 18.5 Å². The molecule has 0 spiro atoms. The van der Waals surface area contributed by atoms with Crippen molar-refractivity contribution < 1.29 is 4.79 Å². The quantitative estimate of drug-likeness (QED) is 0.504. The Hall–Kier alpha value is -3.48. The number of fused-ring (bicyclic) bond motifs is 2. The summed E-state index contributed by atoms with van der Waals surface area (Å²) in [6.07, 6.45) is 4.38. The van der Waals surface area contributed by atoms with Crippen molar-refractivity contribution in [2.45, 2.75) is 13.0 Å². The SMILES string of the molecule is CN1CCN(Cc2ccc(-c3cnc4[nH]cc(-c5ccc6c(c5)CC(=O)N6)c4c3)cc2)CC1. The van der Waals surface area contributed by atoms with Gasteiger partial charge < -0.3 is 15.2 Å². The van der Waals surface area contributed by atoms with Gasteiger partial charge in [0.2, 0.25) is 5.91 Å². The van der Waals surface area contributed by atoms with Crippen LogP contribution in [0.15, 0.2) is 60.9 Å². The first-order valence-electron chi connectivity index (χ1n) is 11.5. The van der Waals surface area contributed by atoms with E-state index in [-0.39, 0.29) is 5.91 Å². The van der Waals surface area contributed by atoms with Gasteiger partial charge in [-0.25, -0.2) is 4.98 Å². The van der Waals surface area contributed by atoms with E-state index >= 15 is 0 Å². The summed E-state index contributed by atoms with van der Waals surface area (Å²) >= 11 is 0. The zero-order valence-corrected chi connectivity index (χ0v) is 18.8. The number of benzene rings is 2. The second-order valence-electron chi connectivity index (χ2n) is 9.20. The molecule has 0 atom stereocenters. The fourth-order valence-corrected chi connectivity index (χ4v) is 4.86. The predicted octanol–water partition coefficient (Wildman–Crippen LogP) is 4.14. The number of hydrogen-bond donors (Lipinski definition) is 2. The molecule has 6 rings (SSSR count). The molecule has 1 saturated heterocycles. The number of carbonyl (C=O) groups is 1. The van der Waals surface area contributed by atoms with Crippen LogP contribution >= 0.6 is 0 Å². The number of pyridine rings is 1. The van der Waals surface area contributed by atoms with Gasteiger partial charge in [0.25, 0.3) is 0 Å². The van der Waals surface area contributed by atoms with Crippen LogP contribution in [-0.4, -0.2) is 58.9 Å². The number of carbonyl (C=O) groups excluding carboxylic acids is 1. The molecule has 2 aliphatic heterocycles. The summed E-state index contributed by atoms with van der Waals surface area (Å²) in [5.41, 5.74) is 8.66. The third kappa shape index (κ3) is 3.92. The molecule has 6 heteroatoms. The van der Waals surface area contributed by atoms with Gasteiger partial charge in [-0.05, 0) is 47.5 Å². The zero-order chi connectivity index (χ0) is 22.4. The largest absolute Gasteiger partial charge is 0.346 e. The number of hydrogen-bond acceptors (Lipinski definition) is 4. The molecular weight excluding hydrogens is 410 g/mol. The highest BCUT2D eigenvalue weighted by Crippen LogP contribution is 2.34. The van der Waals surface area contributed by atoms with Crippen LogP contribution in [0.5, 0.6) is 0 Å². The second kappa shape index (κ2) is 8.14. The summed E-state index contributed by atoms with van der Waals surface area (Å²) in [6.45, 7) is 5.53. The summed E-state index contributed by atoms with van der Waals surface area (Å²) in [4.78, 5) is 24.6. The van der Waals surface area contributed by atoms with Crippen LogP contribution < -0.4 is 5.32 Å². The van der Waals surface area contributed by atoms with Crippen molar-refractivity contribution in [3.05, 3.63) is 72.1 Å². The van der Waals surface area contributed by atoms with Gasteiger partial charge >= 0.3 is 0 Å². The van der Waals surface area contributed by atoms with E-state index in [4.69, 9.17) is 0 Å². The minimum absolute atomic E-state index is 0.0566. The van der Waals surface area contributed by atoms with Crippen molar-refractivity contribution in [3.63, 3.8) is 0 Å². The number of aromatic amines is 1. The van der Waals surface area contributed by atoms with Crippen LogP contribution in [0.2, 0.25) is 0 Å². The highest BCUT2D eigenvalue weighted by molar-refractivity contribution is 6.01. The van der Waals surface area contributed by atoms with Crippen molar-refractivity contribution in [3.8, 4) is 22.3 Å². The molecule has 4 aromatic rings. The Labute approximate surface area is 193 Å². The molecule has 1 fully saturated rings. The van der Waals surface area contributed by atoms with Gasteiger partial charge in [-0.3, -0.25) is 9.69 Å². The maximum Gasteiger partial charge on any atom is 0.228 e. The molecule has 0 unspecified atom stereocenters. The van der Waals surface area contributed by atoms with Gasteiger partial charge in [0.1, 0.15) is 5.65 Å². The van der Waals surface area contributed by atoms with Gasteiger partial charge in [0, 0.05) is 67.3 Å². The van der Waals surface area contributed by atoms with Crippen LogP contribution in [0.3, 0.4) is 0 Å². The van der Waals surface area contributed by atoms with Gasteiger partial charge in [-0.15, -0.1) is 0 Å². The van der Waals surface area contributed by atoms with Crippen molar-refractivity contribution >= 4 is 22.6 Å². The first kappa shape index (κ1) is 20.1. The number of anilines is 1. The Bertz CT molecular complexity index is 1330. The zero-order valence-electron chi connectivity index (χ0n) is 18.8.